The number of hydrogen-bond acceptors (Lipinski definition) is 6. The number of thiazole rings is 1. The number of carbonyl (C=O) groups is 1. The number of amides is 1. The Morgan fingerprint density at radius 1 is 1.07 bits per heavy atom. The van der Waals surface area contributed by atoms with Gasteiger partial charge in [0.15, 0.2) is 11.5 Å². The SMILES string of the molecule is CCCOc1ccc(CNC(=O)c2sc(-c3ccc(OC)c(OC)c3)nc2C)cc1. The second kappa shape index (κ2) is 10.1. The lowest BCUT2D eigenvalue weighted by Crippen LogP contribution is -2.22. The van der Waals surface area contributed by atoms with Crippen LogP contribution in [-0.2, 0) is 6.54 Å². The van der Waals surface area contributed by atoms with Gasteiger partial charge in [-0.1, -0.05) is 19.1 Å². The average molecular weight is 427 g/mol. The second-order valence-corrected chi connectivity index (χ2v) is 7.68. The van der Waals surface area contributed by atoms with Crippen LogP contribution in [0.25, 0.3) is 10.6 Å². The first-order valence-corrected chi connectivity index (χ1v) is 10.6. The Balaban J connectivity index is 1.68. The molecule has 0 spiro atoms. The Bertz CT molecular complexity index is 999. The lowest BCUT2D eigenvalue weighted by molar-refractivity contribution is 0.0954. The molecule has 0 bridgehead atoms. The van der Waals surface area contributed by atoms with Crippen LogP contribution in [0.3, 0.4) is 0 Å². The highest BCUT2D eigenvalue weighted by Crippen LogP contribution is 2.35. The zero-order chi connectivity index (χ0) is 21.5. The van der Waals surface area contributed by atoms with Crippen molar-refractivity contribution in [2.75, 3.05) is 20.8 Å². The molecule has 0 saturated carbocycles. The third kappa shape index (κ3) is 5.10. The van der Waals surface area contributed by atoms with E-state index in [1.807, 2.05) is 49.4 Å². The Kier molecular flexibility index (Phi) is 7.30. The van der Waals surface area contributed by atoms with E-state index in [9.17, 15) is 4.79 Å². The van der Waals surface area contributed by atoms with Crippen molar-refractivity contribution in [3.8, 4) is 27.8 Å². The molecule has 0 aliphatic heterocycles. The summed E-state index contributed by atoms with van der Waals surface area (Å²) in [5, 5.41) is 3.73. The van der Waals surface area contributed by atoms with Crippen molar-refractivity contribution in [2.24, 2.45) is 0 Å². The van der Waals surface area contributed by atoms with Crippen molar-refractivity contribution < 1.29 is 19.0 Å². The molecule has 0 unspecified atom stereocenters. The highest BCUT2D eigenvalue weighted by molar-refractivity contribution is 7.17. The maximum atomic E-state index is 12.7. The quantitative estimate of drug-likeness (QED) is 0.529. The second-order valence-electron chi connectivity index (χ2n) is 6.68. The molecule has 0 saturated heterocycles. The molecule has 7 heteroatoms. The van der Waals surface area contributed by atoms with Crippen LogP contribution in [-0.4, -0.2) is 31.7 Å². The molecular formula is C23H26N2O4S. The summed E-state index contributed by atoms with van der Waals surface area (Å²) in [6.07, 6.45) is 0.970. The number of rotatable bonds is 9. The van der Waals surface area contributed by atoms with Gasteiger partial charge in [0.25, 0.3) is 5.91 Å². The fourth-order valence-corrected chi connectivity index (χ4v) is 3.86. The zero-order valence-corrected chi connectivity index (χ0v) is 18.5. The first-order chi connectivity index (χ1) is 14.5. The molecular weight excluding hydrogens is 400 g/mol. The highest BCUT2D eigenvalue weighted by Gasteiger charge is 2.17. The number of nitrogens with one attached hydrogen (secondary N) is 1. The van der Waals surface area contributed by atoms with E-state index in [-0.39, 0.29) is 5.91 Å². The smallest absolute Gasteiger partial charge is 0.263 e. The number of aromatic nitrogens is 1. The van der Waals surface area contributed by atoms with Crippen molar-refractivity contribution in [1.82, 2.24) is 10.3 Å². The summed E-state index contributed by atoms with van der Waals surface area (Å²) < 4.78 is 16.2. The van der Waals surface area contributed by atoms with Gasteiger partial charge >= 0.3 is 0 Å². The Morgan fingerprint density at radius 2 is 1.80 bits per heavy atom. The van der Waals surface area contributed by atoms with Crippen LogP contribution in [0.4, 0.5) is 0 Å². The van der Waals surface area contributed by atoms with E-state index in [0.717, 1.165) is 28.3 Å². The van der Waals surface area contributed by atoms with Gasteiger partial charge in [-0.05, 0) is 49.2 Å². The lowest BCUT2D eigenvalue weighted by Gasteiger charge is -2.08. The molecule has 158 valence electrons. The van der Waals surface area contributed by atoms with Gasteiger partial charge in [0, 0.05) is 12.1 Å². The molecule has 2 aromatic carbocycles. The van der Waals surface area contributed by atoms with Gasteiger partial charge in [-0.25, -0.2) is 4.98 Å². The van der Waals surface area contributed by atoms with Crippen LogP contribution in [0.1, 0.15) is 34.3 Å². The van der Waals surface area contributed by atoms with Gasteiger partial charge in [0.2, 0.25) is 0 Å². The number of carbonyl (C=O) groups excluding carboxylic acids is 1. The maximum absolute atomic E-state index is 12.7. The average Bonchev–Trinajstić information content (AvgIpc) is 3.17. The molecule has 3 rings (SSSR count). The molecule has 0 atom stereocenters. The summed E-state index contributed by atoms with van der Waals surface area (Å²) in [6.45, 7) is 5.05. The van der Waals surface area contributed by atoms with E-state index in [0.29, 0.717) is 35.2 Å². The largest absolute Gasteiger partial charge is 0.494 e. The summed E-state index contributed by atoms with van der Waals surface area (Å²) in [5.74, 6) is 1.98. The molecule has 3 aromatic rings. The topological polar surface area (TPSA) is 69.7 Å². The molecule has 30 heavy (non-hydrogen) atoms. The van der Waals surface area contributed by atoms with E-state index >= 15 is 0 Å². The highest BCUT2D eigenvalue weighted by atomic mass is 32.1. The van der Waals surface area contributed by atoms with E-state index in [1.54, 1.807) is 14.2 Å². The monoisotopic (exact) mass is 426 g/mol. The molecule has 0 aliphatic rings. The van der Waals surface area contributed by atoms with E-state index < -0.39 is 0 Å². The number of nitrogens with zero attached hydrogens (tertiary/aromatic N) is 1. The minimum atomic E-state index is -0.136. The van der Waals surface area contributed by atoms with Gasteiger partial charge in [-0.2, -0.15) is 0 Å². The van der Waals surface area contributed by atoms with Gasteiger partial charge in [0.1, 0.15) is 15.6 Å². The number of ether oxygens (including phenoxy) is 3. The molecule has 0 fully saturated rings. The summed E-state index contributed by atoms with van der Waals surface area (Å²) in [4.78, 5) is 17.9. The van der Waals surface area contributed by atoms with Crippen molar-refractivity contribution in [1.29, 1.82) is 0 Å². The van der Waals surface area contributed by atoms with Crippen LogP contribution in [0.2, 0.25) is 0 Å². The van der Waals surface area contributed by atoms with Gasteiger partial charge in [-0.15, -0.1) is 11.3 Å². The Labute approximate surface area is 180 Å². The van der Waals surface area contributed by atoms with Crippen molar-refractivity contribution in [2.45, 2.75) is 26.8 Å². The maximum Gasteiger partial charge on any atom is 0.263 e. The predicted molar refractivity (Wildman–Crippen MR) is 119 cm³/mol. The van der Waals surface area contributed by atoms with Crippen LogP contribution in [0, 0.1) is 6.92 Å². The molecule has 1 heterocycles. The number of hydrogen-bond donors (Lipinski definition) is 1. The van der Waals surface area contributed by atoms with Crippen LogP contribution in [0.15, 0.2) is 42.5 Å². The first-order valence-electron chi connectivity index (χ1n) is 9.75. The van der Waals surface area contributed by atoms with E-state index in [1.165, 1.54) is 11.3 Å². The van der Waals surface area contributed by atoms with Crippen molar-refractivity contribution in [3.05, 3.63) is 58.6 Å². The number of benzene rings is 2. The minimum absolute atomic E-state index is 0.136. The van der Waals surface area contributed by atoms with Crippen molar-refractivity contribution in [3.63, 3.8) is 0 Å². The van der Waals surface area contributed by atoms with E-state index in [2.05, 4.69) is 17.2 Å². The Hall–Kier alpha value is -3.06. The summed E-state index contributed by atoms with van der Waals surface area (Å²) in [7, 11) is 3.19. The third-order valence-electron chi connectivity index (χ3n) is 4.48. The standard InChI is InChI=1S/C23H26N2O4S/c1-5-12-29-18-9-6-16(7-10-18)14-24-22(26)21-15(2)25-23(30-21)17-8-11-19(27-3)20(13-17)28-4/h6-11,13H,5,12,14H2,1-4H3,(H,24,26). The number of aryl methyl sites for hydroxylation is 1. The summed E-state index contributed by atoms with van der Waals surface area (Å²) in [5.41, 5.74) is 2.59. The fraction of sp³-hybridized carbons (Fsp3) is 0.304. The summed E-state index contributed by atoms with van der Waals surface area (Å²) in [6, 6.07) is 13.4. The van der Waals surface area contributed by atoms with Gasteiger partial charge < -0.3 is 19.5 Å². The summed E-state index contributed by atoms with van der Waals surface area (Å²) >= 11 is 1.36. The molecule has 1 aromatic heterocycles. The molecule has 0 radical (unpaired) electrons. The zero-order valence-electron chi connectivity index (χ0n) is 17.7. The van der Waals surface area contributed by atoms with Gasteiger partial charge in [-0.3, -0.25) is 4.79 Å². The lowest BCUT2D eigenvalue weighted by atomic mass is 10.2. The Morgan fingerprint density at radius 3 is 2.47 bits per heavy atom. The van der Waals surface area contributed by atoms with Gasteiger partial charge in [0.05, 0.1) is 26.5 Å². The van der Waals surface area contributed by atoms with Crippen LogP contribution in [0.5, 0.6) is 17.2 Å². The number of methoxy groups -OCH3 is 2. The normalized spacial score (nSPS) is 10.5. The molecule has 1 N–H and O–H groups in total. The van der Waals surface area contributed by atoms with Crippen molar-refractivity contribution >= 4 is 17.2 Å². The predicted octanol–water partition coefficient (Wildman–Crippen LogP) is 4.85. The fourth-order valence-electron chi connectivity index (χ4n) is 2.89. The minimum Gasteiger partial charge on any atom is -0.494 e. The molecule has 1 amide bonds. The first kappa shape index (κ1) is 21.6. The third-order valence-corrected chi connectivity index (χ3v) is 5.69. The molecule has 0 aliphatic carbocycles. The van der Waals surface area contributed by atoms with E-state index in [4.69, 9.17) is 14.2 Å². The van der Waals surface area contributed by atoms with Crippen LogP contribution < -0.4 is 19.5 Å². The van der Waals surface area contributed by atoms with Crippen LogP contribution >= 0.6 is 11.3 Å². The molecule has 6 nitrogen and oxygen atoms in total.